The maximum absolute atomic E-state index is 11.8. The van der Waals surface area contributed by atoms with Crippen molar-refractivity contribution in [3.05, 3.63) is 11.2 Å². The molecule has 1 rings (SSSR count). The molecule has 88 valence electrons. The van der Waals surface area contributed by atoms with Crippen LogP contribution in [0, 0.1) is 0 Å². The van der Waals surface area contributed by atoms with Crippen LogP contribution >= 0.6 is 11.6 Å². The number of anilines is 2. The molecule has 0 aliphatic rings. The Hall–Kier alpha value is -1.57. The van der Waals surface area contributed by atoms with Crippen molar-refractivity contribution in [2.45, 2.75) is 6.18 Å². The number of nitrogens with zero attached hydrogens (tertiary/aromatic N) is 2. The molecule has 0 unspecified atom stereocenters. The first-order chi connectivity index (χ1) is 7.29. The van der Waals surface area contributed by atoms with Crippen molar-refractivity contribution in [3.63, 3.8) is 0 Å². The lowest BCUT2D eigenvalue weighted by Gasteiger charge is -2.07. The van der Waals surface area contributed by atoms with Crippen molar-refractivity contribution in [2.24, 2.45) is 0 Å². The van der Waals surface area contributed by atoms with E-state index < -0.39 is 18.5 Å². The zero-order chi connectivity index (χ0) is 12.3. The van der Waals surface area contributed by atoms with Crippen molar-refractivity contribution in [3.8, 4) is 0 Å². The zero-order valence-corrected chi connectivity index (χ0v) is 8.43. The maximum atomic E-state index is 11.8. The van der Waals surface area contributed by atoms with Crippen LogP contribution in [0.25, 0.3) is 0 Å². The number of carbonyl (C=O) groups is 1. The average Bonchev–Trinajstić information content (AvgIpc) is 2.11. The van der Waals surface area contributed by atoms with Crippen molar-refractivity contribution < 1.29 is 18.0 Å². The highest BCUT2D eigenvalue weighted by molar-refractivity contribution is 6.29. The molecule has 0 amide bonds. The highest BCUT2D eigenvalue weighted by atomic mass is 35.5. The summed E-state index contributed by atoms with van der Waals surface area (Å²) in [6.07, 6.45) is -4.88. The minimum absolute atomic E-state index is 0.0329. The molecule has 0 bridgehead atoms. The number of aromatic nitrogens is 2. The van der Waals surface area contributed by atoms with Crippen molar-refractivity contribution in [2.75, 3.05) is 17.6 Å². The Labute approximate surface area is 92.8 Å². The molecule has 3 N–H and O–H groups in total. The molecule has 1 aromatic heterocycles. The number of rotatable bonds is 3. The second kappa shape index (κ2) is 4.52. The highest BCUT2D eigenvalue weighted by Gasteiger charge is 2.37. The molecular weight excluding hydrogens is 249 g/mol. The van der Waals surface area contributed by atoms with E-state index in [1.165, 1.54) is 0 Å². The van der Waals surface area contributed by atoms with Crippen LogP contribution in [-0.2, 0) is 4.79 Å². The molecule has 0 fully saturated rings. The van der Waals surface area contributed by atoms with Crippen molar-refractivity contribution in [1.82, 2.24) is 9.97 Å². The number of carbonyl (C=O) groups excluding carboxylic acids is 1. The van der Waals surface area contributed by atoms with E-state index in [1.807, 2.05) is 0 Å². The second-order valence-electron chi connectivity index (χ2n) is 2.71. The van der Waals surface area contributed by atoms with E-state index in [0.717, 1.165) is 6.07 Å². The van der Waals surface area contributed by atoms with Crippen molar-refractivity contribution in [1.29, 1.82) is 0 Å². The lowest BCUT2D eigenvalue weighted by molar-refractivity contribution is -0.168. The summed E-state index contributed by atoms with van der Waals surface area (Å²) in [5.74, 6) is -2.16. The largest absolute Gasteiger partial charge is 0.451 e. The number of nitrogens with one attached hydrogen (secondary N) is 1. The molecule has 0 spiro atoms. The number of alkyl halides is 3. The first kappa shape index (κ1) is 12.5. The molecule has 16 heavy (non-hydrogen) atoms. The molecule has 0 aliphatic carbocycles. The third-order valence-electron chi connectivity index (χ3n) is 1.46. The lowest BCUT2D eigenvalue weighted by atomic mass is 10.4. The van der Waals surface area contributed by atoms with E-state index in [0.29, 0.717) is 0 Å². The van der Waals surface area contributed by atoms with Crippen LogP contribution in [0.3, 0.4) is 0 Å². The summed E-state index contributed by atoms with van der Waals surface area (Å²) in [7, 11) is 0. The normalized spacial score (nSPS) is 11.2. The van der Waals surface area contributed by atoms with Gasteiger partial charge in [-0.15, -0.1) is 0 Å². The Bertz CT molecular complexity index is 389. The van der Waals surface area contributed by atoms with Gasteiger partial charge >= 0.3 is 6.18 Å². The van der Waals surface area contributed by atoms with Gasteiger partial charge in [-0.05, 0) is 0 Å². The van der Waals surface area contributed by atoms with Crippen LogP contribution in [-0.4, -0.2) is 28.5 Å². The number of hydrogen-bond acceptors (Lipinski definition) is 5. The first-order valence-corrected chi connectivity index (χ1v) is 4.31. The minimum Gasteiger partial charge on any atom is -0.368 e. The van der Waals surface area contributed by atoms with Crippen LogP contribution < -0.4 is 11.1 Å². The van der Waals surface area contributed by atoms with E-state index in [9.17, 15) is 18.0 Å². The van der Waals surface area contributed by atoms with E-state index in [1.54, 1.807) is 0 Å². The number of nitrogens with two attached hydrogens (primary N) is 1. The Morgan fingerprint density at radius 2 is 2.12 bits per heavy atom. The maximum Gasteiger partial charge on any atom is 0.451 e. The van der Waals surface area contributed by atoms with Gasteiger partial charge in [0.2, 0.25) is 5.95 Å². The molecule has 0 atom stereocenters. The summed E-state index contributed by atoms with van der Waals surface area (Å²) in [6, 6.07) is 1.15. The molecule has 1 heterocycles. The molecule has 0 aromatic carbocycles. The molecule has 0 radical (unpaired) electrons. The van der Waals surface area contributed by atoms with E-state index in [4.69, 9.17) is 17.3 Å². The first-order valence-electron chi connectivity index (χ1n) is 3.93. The molecule has 1 aromatic rings. The van der Waals surface area contributed by atoms with Crippen LogP contribution in [0.4, 0.5) is 24.9 Å². The number of hydrogen-bond donors (Lipinski definition) is 2. The van der Waals surface area contributed by atoms with E-state index in [2.05, 4.69) is 15.3 Å². The zero-order valence-electron chi connectivity index (χ0n) is 7.68. The van der Waals surface area contributed by atoms with Crippen LogP contribution in [0.15, 0.2) is 6.07 Å². The predicted octanol–water partition coefficient (Wildman–Crippen LogP) is 1.26. The summed E-state index contributed by atoms with van der Waals surface area (Å²) in [5.41, 5.74) is 5.20. The standard InChI is InChI=1S/C7H6ClF3N4O/c8-4-1-5(15-6(12)14-4)13-2-3(16)7(9,10)11/h1H,2H2,(H3,12,13,14,15). The van der Waals surface area contributed by atoms with Gasteiger partial charge in [-0.1, -0.05) is 11.6 Å². The number of ketones is 1. The Kier molecular flexibility index (Phi) is 3.53. The van der Waals surface area contributed by atoms with Crippen molar-refractivity contribution >= 4 is 29.2 Å². The Morgan fingerprint density at radius 1 is 1.50 bits per heavy atom. The third kappa shape index (κ3) is 3.54. The molecule has 0 aliphatic heterocycles. The van der Waals surface area contributed by atoms with Crippen LogP contribution in [0.1, 0.15) is 0 Å². The number of Topliss-reactive ketones (excluding diaryl/α,β-unsaturated/α-hetero) is 1. The number of halogens is 4. The molecule has 0 saturated heterocycles. The van der Waals surface area contributed by atoms with Gasteiger partial charge < -0.3 is 11.1 Å². The van der Waals surface area contributed by atoms with Crippen LogP contribution in [0.2, 0.25) is 5.15 Å². The summed E-state index contributed by atoms with van der Waals surface area (Å²) < 4.78 is 35.5. The molecule has 5 nitrogen and oxygen atoms in total. The topological polar surface area (TPSA) is 80.9 Å². The fourth-order valence-corrected chi connectivity index (χ4v) is 0.987. The number of nitrogen functional groups attached to an aromatic ring is 1. The van der Waals surface area contributed by atoms with Gasteiger partial charge in [0.05, 0.1) is 6.54 Å². The van der Waals surface area contributed by atoms with Gasteiger partial charge in [-0.3, -0.25) is 4.79 Å². The van der Waals surface area contributed by atoms with Gasteiger partial charge in [0, 0.05) is 6.07 Å². The SMILES string of the molecule is Nc1nc(Cl)cc(NCC(=O)C(F)(F)F)n1. The highest BCUT2D eigenvalue weighted by Crippen LogP contribution is 2.17. The smallest absolute Gasteiger partial charge is 0.368 e. The molecule has 9 heteroatoms. The Morgan fingerprint density at radius 3 is 2.62 bits per heavy atom. The fraction of sp³-hybridized carbons (Fsp3) is 0.286. The summed E-state index contributed by atoms with van der Waals surface area (Å²) in [4.78, 5) is 17.5. The van der Waals surface area contributed by atoms with Gasteiger partial charge in [0.1, 0.15) is 11.0 Å². The van der Waals surface area contributed by atoms with Crippen LogP contribution in [0.5, 0.6) is 0 Å². The fourth-order valence-electron chi connectivity index (χ4n) is 0.797. The Balaban J connectivity index is 2.65. The second-order valence-corrected chi connectivity index (χ2v) is 3.10. The summed E-state index contributed by atoms with van der Waals surface area (Å²) in [6.45, 7) is -0.934. The third-order valence-corrected chi connectivity index (χ3v) is 1.65. The summed E-state index contributed by atoms with van der Waals surface area (Å²) >= 11 is 5.48. The average molecular weight is 255 g/mol. The lowest BCUT2D eigenvalue weighted by Crippen LogP contribution is -2.29. The summed E-state index contributed by atoms with van der Waals surface area (Å²) in [5, 5.41) is 2.11. The molecular formula is C7H6ClF3N4O. The van der Waals surface area contributed by atoms with E-state index >= 15 is 0 Å². The van der Waals surface area contributed by atoms with Gasteiger partial charge in [0.25, 0.3) is 5.78 Å². The van der Waals surface area contributed by atoms with Gasteiger partial charge in [-0.2, -0.15) is 18.2 Å². The minimum atomic E-state index is -4.88. The predicted molar refractivity (Wildman–Crippen MR) is 51.0 cm³/mol. The monoisotopic (exact) mass is 254 g/mol. The van der Waals surface area contributed by atoms with E-state index in [-0.39, 0.29) is 16.9 Å². The molecule has 0 saturated carbocycles. The quantitative estimate of drug-likeness (QED) is 0.794. The van der Waals surface area contributed by atoms with Gasteiger partial charge in [0.15, 0.2) is 0 Å². The van der Waals surface area contributed by atoms with Gasteiger partial charge in [-0.25, -0.2) is 4.98 Å².